The van der Waals surface area contributed by atoms with Crippen molar-refractivity contribution in [3.8, 4) is 17.3 Å². The molecule has 7 heteroatoms. The molecule has 3 heterocycles. The lowest BCUT2D eigenvalue weighted by atomic mass is 9.92. The monoisotopic (exact) mass is 363 g/mol. The Labute approximate surface area is 156 Å². The number of ketones is 1. The maximum absolute atomic E-state index is 11.7. The molecule has 1 saturated carbocycles. The zero-order chi connectivity index (χ0) is 18.4. The molecule has 0 radical (unpaired) electrons. The number of aromatic nitrogens is 4. The van der Waals surface area contributed by atoms with E-state index < -0.39 is 0 Å². The van der Waals surface area contributed by atoms with Crippen molar-refractivity contribution in [3.63, 3.8) is 0 Å². The van der Waals surface area contributed by atoms with Crippen molar-refractivity contribution in [1.82, 2.24) is 25.5 Å². The lowest BCUT2D eigenvalue weighted by Gasteiger charge is -2.32. The first-order valence-electron chi connectivity index (χ1n) is 9.33. The zero-order valence-electron chi connectivity index (χ0n) is 15.2. The predicted octanol–water partition coefficient (Wildman–Crippen LogP) is 2.74. The number of nitrogens with one attached hydrogen (secondary N) is 2. The molecule has 1 atom stereocenters. The van der Waals surface area contributed by atoms with Gasteiger partial charge < -0.3 is 10.1 Å². The van der Waals surface area contributed by atoms with Gasteiger partial charge in [0.25, 0.3) is 0 Å². The number of carbonyl (C=O) groups is 1. The lowest BCUT2D eigenvalue weighted by molar-refractivity contribution is 0.0844. The molecule has 7 nitrogen and oxygen atoms in total. The SMILES string of the molecule is CC(=O)c1ccc2[nH]nc(-c3cncc(O[C@H]4CNCCC45CC5)n3)c2c1. The van der Waals surface area contributed by atoms with E-state index in [9.17, 15) is 4.79 Å². The van der Waals surface area contributed by atoms with Crippen LogP contribution in [0.3, 0.4) is 0 Å². The number of carbonyl (C=O) groups excluding carboxylic acids is 1. The van der Waals surface area contributed by atoms with Gasteiger partial charge in [-0.05, 0) is 50.9 Å². The summed E-state index contributed by atoms with van der Waals surface area (Å²) in [5.41, 5.74) is 3.13. The summed E-state index contributed by atoms with van der Waals surface area (Å²) in [4.78, 5) is 20.7. The highest BCUT2D eigenvalue weighted by molar-refractivity contribution is 6.01. The minimum atomic E-state index is 0.0201. The summed E-state index contributed by atoms with van der Waals surface area (Å²) in [6, 6.07) is 5.50. The van der Waals surface area contributed by atoms with E-state index in [-0.39, 0.29) is 11.9 Å². The van der Waals surface area contributed by atoms with Crippen molar-refractivity contribution >= 4 is 16.7 Å². The third-order valence-corrected chi connectivity index (χ3v) is 5.79. The summed E-state index contributed by atoms with van der Waals surface area (Å²) in [6.45, 7) is 3.46. The minimum absolute atomic E-state index is 0.0201. The summed E-state index contributed by atoms with van der Waals surface area (Å²) in [7, 11) is 0. The highest BCUT2D eigenvalue weighted by Gasteiger charge is 2.52. The number of Topliss-reactive ketones (excluding diaryl/α,β-unsaturated/α-hetero) is 1. The van der Waals surface area contributed by atoms with E-state index in [2.05, 4.69) is 25.5 Å². The van der Waals surface area contributed by atoms with E-state index in [1.807, 2.05) is 12.1 Å². The molecule has 5 rings (SSSR count). The number of hydrogen-bond acceptors (Lipinski definition) is 6. The van der Waals surface area contributed by atoms with Gasteiger partial charge in [0.05, 0.1) is 17.9 Å². The fourth-order valence-corrected chi connectivity index (χ4v) is 3.94. The van der Waals surface area contributed by atoms with Crippen LogP contribution in [-0.2, 0) is 0 Å². The van der Waals surface area contributed by atoms with Crippen LogP contribution >= 0.6 is 0 Å². The van der Waals surface area contributed by atoms with Crippen molar-refractivity contribution < 1.29 is 9.53 Å². The highest BCUT2D eigenvalue weighted by atomic mass is 16.5. The van der Waals surface area contributed by atoms with Gasteiger partial charge in [-0.2, -0.15) is 5.10 Å². The first-order valence-corrected chi connectivity index (χ1v) is 9.33. The van der Waals surface area contributed by atoms with Crippen LogP contribution in [0.4, 0.5) is 0 Å². The second kappa shape index (κ2) is 6.13. The molecule has 138 valence electrons. The molecular formula is C20H21N5O2. The number of rotatable bonds is 4. The quantitative estimate of drug-likeness (QED) is 0.693. The van der Waals surface area contributed by atoms with Gasteiger partial charge in [-0.1, -0.05) is 0 Å². The molecule has 1 spiro atoms. The van der Waals surface area contributed by atoms with E-state index in [4.69, 9.17) is 4.74 Å². The van der Waals surface area contributed by atoms with Crippen LogP contribution in [-0.4, -0.2) is 45.1 Å². The minimum Gasteiger partial charge on any atom is -0.471 e. The fourth-order valence-electron chi connectivity index (χ4n) is 3.94. The molecule has 1 aliphatic heterocycles. The number of aromatic amines is 1. The van der Waals surface area contributed by atoms with E-state index in [0.29, 0.717) is 28.2 Å². The van der Waals surface area contributed by atoms with E-state index >= 15 is 0 Å². The van der Waals surface area contributed by atoms with Crippen molar-refractivity contribution in [2.45, 2.75) is 32.3 Å². The first-order chi connectivity index (χ1) is 13.1. The Balaban J connectivity index is 1.48. The number of H-pyrrole nitrogens is 1. The van der Waals surface area contributed by atoms with Gasteiger partial charge in [0.2, 0.25) is 5.88 Å². The maximum Gasteiger partial charge on any atom is 0.233 e. The van der Waals surface area contributed by atoms with Crippen LogP contribution in [0.2, 0.25) is 0 Å². The Kier molecular flexibility index (Phi) is 3.72. The molecule has 2 fully saturated rings. The van der Waals surface area contributed by atoms with E-state index in [1.165, 1.54) is 12.8 Å². The van der Waals surface area contributed by atoms with Gasteiger partial charge in [-0.3, -0.25) is 14.9 Å². The molecule has 0 amide bonds. The molecule has 1 aliphatic carbocycles. The molecule has 2 aromatic heterocycles. The maximum atomic E-state index is 11.7. The zero-order valence-corrected chi connectivity index (χ0v) is 15.2. The molecular weight excluding hydrogens is 342 g/mol. The summed E-state index contributed by atoms with van der Waals surface area (Å²) in [6.07, 6.45) is 7.08. The van der Waals surface area contributed by atoms with Crippen molar-refractivity contribution in [1.29, 1.82) is 0 Å². The van der Waals surface area contributed by atoms with Gasteiger partial charge in [0.15, 0.2) is 5.78 Å². The molecule has 1 saturated heterocycles. The second-order valence-corrected chi connectivity index (χ2v) is 7.55. The molecule has 0 unspecified atom stereocenters. The molecule has 0 bridgehead atoms. The summed E-state index contributed by atoms with van der Waals surface area (Å²) >= 11 is 0. The van der Waals surface area contributed by atoms with Crippen molar-refractivity contribution in [3.05, 3.63) is 36.2 Å². The van der Waals surface area contributed by atoms with E-state index in [0.717, 1.165) is 30.4 Å². The summed E-state index contributed by atoms with van der Waals surface area (Å²) < 4.78 is 6.22. The molecule has 2 N–H and O–H groups in total. The number of nitrogens with zero attached hydrogens (tertiary/aromatic N) is 3. The highest BCUT2D eigenvalue weighted by Crippen LogP contribution is 2.53. The first kappa shape index (κ1) is 16.4. The Bertz CT molecular complexity index is 1020. The van der Waals surface area contributed by atoms with E-state index in [1.54, 1.807) is 25.4 Å². The van der Waals surface area contributed by atoms with Crippen molar-refractivity contribution in [2.24, 2.45) is 5.41 Å². The normalized spacial score (nSPS) is 20.7. The number of ether oxygens (including phenoxy) is 1. The largest absolute Gasteiger partial charge is 0.471 e. The Morgan fingerprint density at radius 2 is 2.15 bits per heavy atom. The van der Waals surface area contributed by atoms with Crippen LogP contribution in [0.15, 0.2) is 30.6 Å². The number of hydrogen-bond donors (Lipinski definition) is 2. The van der Waals surface area contributed by atoms with Gasteiger partial charge in [-0.15, -0.1) is 0 Å². The van der Waals surface area contributed by atoms with Gasteiger partial charge >= 0.3 is 0 Å². The number of fused-ring (bicyclic) bond motifs is 1. The Morgan fingerprint density at radius 3 is 2.96 bits per heavy atom. The second-order valence-electron chi connectivity index (χ2n) is 7.55. The fraction of sp³-hybridized carbons (Fsp3) is 0.400. The summed E-state index contributed by atoms with van der Waals surface area (Å²) in [5.74, 6) is 0.540. The predicted molar refractivity (Wildman–Crippen MR) is 101 cm³/mol. The average molecular weight is 363 g/mol. The van der Waals surface area contributed by atoms with Gasteiger partial charge in [0, 0.05) is 22.9 Å². The molecule has 2 aliphatic rings. The van der Waals surface area contributed by atoms with Crippen LogP contribution in [0.25, 0.3) is 22.3 Å². The van der Waals surface area contributed by atoms with Crippen molar-refractivity contribution in [2.75, 3.05) is 13.1 Å². The smallest absolute Gasteiger partial charge is 0.233 e. The van der Waals surface area contributed by atoms with Crippen LogP contribution in [0.1, 0.15) is 36.5 Å². The van der Waals surface area contributed by atoms with Gasteiger partial charge in [0.1, 0.15) is 17.5 Å². The van der Waals surface area contributed by atoms with Crippen LogP contribution in [0, 0.1) is 5.41 Å². The molecule has 27 heavy (non-hydrogen) atoms. The standard InChI is InChI=1S/C20H21N5O2/c1-12(26)13-2-3-15-14(8-13)19(25-24-15)16-9-22-11-18(23-16)27-17-10-21-7-6-20(17)4-5-20/h2-3,8-9,11,17,21H,4-7,10H2,1H3,(H,24,25)/t17-/m0/s1. The topological polar surface area (TPSA) is 92.8 Å². The third kappa shape index (κ3) is 2.88. The molecule has 1 aromatic carbocycles. The van der Waals surface area contributed by atoms with Crippen LogP contribution < -0.4 is 10.1 Å². The third-order valence-electron chi connectivity index (χ3n) is 5.79. The Morgan fingerprint density at radius 1 is 1.26 bits per heavy atom. The Hall–Kier alpha value is -2.80. The average Bonchev–Trinajstić information content (AvgIpc) is 3.32. The lowest BCUT2D eigenvalue weighted by Crippen LogP contribution is -2.45. The van der Waals surface area contributed by atoms with Gasteiger partial charge in [-0.25, -0.2) is 4.98 Å². The number of benzene rings is 1. The molecule has 3 aromatic rings. The summed E-state index contributed by atoms with van der Waals surface area (Å²) in [5, 5.41) is 11.7. The number of piperidine rings is 1. The van der Waals surface area contributed by atoms with Crippen LogP contribution in [0.5, 0.6) is 5.88 Å².